The first kappa shape index (κ1) is 19.6. The Morgan fingerprint density at radius 3 is 2.43 bits per heavy atom. The Labute approximate surface area is 163 Å². The van der Waals surface area contributed by atoms with Crippen molar-refractivity contribution in [3.8, 4) is 11.4 Å². The van der Waals surface area contributed by atoms with Crippen LogP contribution < -0.4 is 10.3 Å². The van der Waals surface area contributed by atoms with Crippen LogP contribution in [0.4, 0.5) is 4.39 Å². The van der Waals surface area contributed by atoms with Crippen LogP contribution in [0, 0.1) is 5.82 Å². The van der Waals surface area contributed by atoms with Crippen molar-refractivity contribution in [3.05, 3.63) is 81.5 Å². The quantitative estimate of drug-likeness (QED) is 0.621. The van der Waals surface area contributed by atoms with Crippen LogP contribution in [0.25, 0.3) is 5.69 Å². The number of methoxy groups -OCH3 is 1. The highest BCUT2D eigenvalue weighted by molar-refractivity contribution is 5.99. The summed E-state index contributed by atoms with van der Waals surface area (Å²) in [4.78, 5) is 17.7. The van der Waals surface area contributed by atoms with E-state index in [0.717, 1.165) is 35.5 Å². The van der Waals surface area contributed by atoms with Gasteiger partial charge in [0.2, 0.25) is 0 Å². The zero-order valence-corrected chi connectivity index (χ0v) is 16.3. The number of aryl methyl sites for hydroxylation is 1. The number of aliphatic imine (C=N–C) groups is 1. The lowest BCUT2D eigenvalue weighted by Gasteiger charge is -2.03. The summed E-state index contributed by atoms with van der Waals surface area (Å²) in [7, 11) is 1.61. The highest BCUT2D eigenvalue weighted by Crippen LogP contribution is 2.16. The number of nitrogens with zero attached hydrogens (tertiary/aromatic N) is 2. The van der Waals surface area contributed by atoms with Crippen LogP contribution in [0.15, 0.2) is 58.3 Å². The molecule has 1 N–H and O–H groups in total. The van der Waals surface area contributed by atoms with Gasteiger partial charge < -0.3 is 4.74 Å². The number of aromatic nitrogens is 2. The molecule has 0 saturated carbocycles. The SMILES string of the molecule is CCCc1[nH]n(-c2ccc(OC)cc2)c(=O)c1C(C)=NCc1ccc(F)cc1. The smallest absolute Gasteiger partial charge is 0.280 e. The van der Waals surface area contributed by atoms with Crippen LogP contribution >= 0.6 is 0 Å². The summed E-state index contributed by atoms with van der Waals surface area (Å²) in [6, 6.07) is 13.5. The molecule has 0 fully saturated rings. The molecule has 5 nitrogen and oxygen atoms in total. The Kier molecular flexibility index (Phi) is 6.09. The normalized spacial score (nSPS) is 11.6. The molecule has 28 heavy (non-hydrogen) atoms. The van der Waals surface area contributed by atoms with Crippen LogP contribution in [0.3, 0.4) is 0 Å². The Balaban J connectivity index is 1.96. The van der Waals surface area contributed by atoms with Gasteiger partial charge in [-0.2, -0.15) is 0 Å². The average Bonchev–Trinajstić information content (AvgIpc) is 3.03. The summed E-state index contributed by atoms with van der Waals surface area (Å²) in [6.45, 7) is 4.30. The summed E-state index contributed by atoms with van der Waals surface area (Å²) in [6.07, 6.45) is 1.65. The Morgan fingerprint density at radius 2 is 1.82 bits per heavy atom. The van der Waals surface area contributed by atoms with Gasteiger partial charge in [-0.1, -0.05) is 25.5 Å². The Morgan fingerprint density at radius 1 is 1.14 bits per heavy atom. The van der Waals surface area contributed by atoms with Gasteiger partial charge in [0, 0.05) is 11.4 Å². The van der Waals surface area contributed by atoms with E-state index < -0.39 is 0 Å². The molecule has 1 aromatic heterocycles. The highest BCUT2D eigenvalue weighted by Gasteiger charge is 2.17. The van der Waals surface area contributed by atoms with E-state index in [0.29, 0.717) is 17.8 Å². The van der Waals surface area contributed by atoms with Crippen molar-refractivity contribution in [2.24, 2.45) is 4.99 Å². The van der Waals surface area contributed by atoms with Gasteiger partial charge in [0.05, 0.1) is 24.9 Å². The molecule has 0 amide bonds. The minimum absolute atomic E-state index is 0.131. The van der Waals surface area contributed by atoms with Crippen molar-refractivity contribution < 1.29 is 9.13 Å². The second kappa shape index (κ2) is 8.69. The molecule has 146 valence electrons. The van der Waals surface area contributed by atoms with Crippen molar-refractivity contribution in [3.63, 3.8) is 0 Å². The molecule has 0 atom stereocenters. The van der Waals surface area contributed by atoms with Gasteiger partial charge in [-0.15, -0.1) is 0 Å². The second-order valence-electron chi connectivity index (χ2n) is 6.58. The molecule has 0 aliphatic carbocycles. The predicted molar refractivity (Wildman–Crippen MR) is 109 cm³/mol. The number of benzene rings is 2. The molecule has 6 heteroatoms. The Bertz CT molecular complexity index is 1020. The summed E-state index contributed by atoms with van der Waals surface area (Å²) in [5, 5.41) is 3.22. The number of hydrogen-bond acceptors (Lipinski definition) is 3. The summed E-state index contributed by atoms with van der Waals surface area (Å²) in [5.74, 6) is 0.456. The third kappa shape index (κ3) is 4.22. The van der Waals surface area contributed by atoms with Gasteiger partial charge in [-0.25, -0.2) is 9.07 Å². The first-order chi connectivity index (χ1) is 13.5. The fraction of sp³-hybridized carbons (Fsp3) is 0.273. The maximum Gasteiger partial charge on any atom is 0.280 e. The van der Waals surface area contributed by atoms with Gasteiger partial charge in [0.25, 0.3) is 5.56 Å². The number of H-pyrrole nitrogens is 1. The molecule has 1 heterocycles. The number of halogens is 1. The van der Waals surface area contributed by atoms with Crippen LogP contribution in [0.1, 0.15) is 37.1 Å². The number of nitrogens with one attached hydrogen (secondary N) is 1. The number of hydrogen-bond donors (Lipinski definition) is 1. The summed E-state index contributed by atoms with van der Waals surface area (Å²) in [5.41, 5.74) is 3.63. The van der Waals surface area contributed by atoms with E-state index in [1.165, 1.54) is 16.8 Å². The Hall–Kier alpha value is -3.15. The molecule has 0 aliphatic rings. The lowest BCUT2D eigenvalue weighted by molar-refractivity contribution is 0.414. The summed E-state index contributed by atoms with van der Waals surface area (Å²) < 4.78 is 19.8. The number of ether oxygens (including phenoxy) is 1. The van der Waals surface area contributed by atoms with E-state index in [1.54, 1.807) is 19.2 Å². The first-order valence-corrected chi connectivity index (χ1v) is 9.27. The molecule has 0 spiro atoms. The zero-order valence-electron chi connectivity index (χ0n) is 16.3. The lowest BCUT2D eigenvalue weighted by Crippen LogP contribution is -2.19. The van der Waals surface area contributed by atoms with E-state index in [9.17, 15) is 9.18 Å². The molecular weight excluding hydrogens is 357 g/mol. The van der Waals surface area contributed by atoms with Crippen LogP contribution in [0.5, 0.6) is 5.75 Å². The zero-order chi connectivity index (χ0) is 20.1. The van der Waals surface area contributed by atoms with Crippen LogP contribution in [-0.2, 0) is 13.0 Å². The van der Waals surface area contributed by atoms with E-state index >= 15 is 0 Å². The summed E-state index contributed by atoms with van der Waals surface area (Å²) >= 11 is 0. The van der Waals surface area contributed by atoms with E-state index in [-0.39, 0.29) is 11.4 Å². The lowest BCUT2D eigenvalue weighted by atomic mass is 10.1. The molecule has 0 unspecified atom stereocenters. The van der Waals surface area contributed by atoms with Crippen molar-refractivity contribution in [2.75, 3.05) is 7.11 Å². The second-order valence-corrected chi connectivity index (χ2v) is 6.58. The highest BCUT2D eigenvalue weighted by atomic mass is 19.1. The molecule has 2 aromatic carbocycles. The van der Waals surface area contributed by atoms with Gasteiger partial charge in [0.15, 0.2) is 0 Å². The van der Waals surface area contributed by atoms with Gasteiger partial charge >= 0.3 is 0 Å². The molecular formula is C22H24FN3O2. The molecule has 0 bridgehead atoms. The average molecular weight is 381 g/mol. The number of rotatable bonds is 7. The van der Waals surface area contributed by atoms with Crippen LogP contribution in [0.2, 0.25) is 0 Å². The van der Waals surface area contributed by atoms with Gasteiger partial charge in [-0.05, 0) is 55.3 Å². The van der Waals surface area contributed by atoms with Gasteiger partial charge in [0.1, 0.15) is 11.6 Å². The van der Waals surface area contributed by atoms with E-state index in [1.807, 2.05) is 31.2 Å². The van der Waals surface area contributed by atoms with Gasteiger partial charge in [-0.3, -0.25) is 14.9 Å². The predicted octanol–water partition coefficient (Wildman–Crippen LogP) is 4.28. The minimum Gasteiger partial charge on any atom is -0.497 e. The third-order valence-corrected chi connectivity index (χ3v) is 4.57. The van der Waals surface area contributed by atoms with Crippen molar-refractivity contribution >= 4 is 5.71 Å². The topological polar surface area (TPSA) is 59.4 Å². The fourth-order valence-corrected chi connectivity index (χ4v) is 3.08. The van der Waals surface area contributed by atoms with Crippen LogP contribution in [-0.4, -0.2) is 22.6 Å². The fourth-order valence-electron chi connectivity index (χ4n) is 3.08. The largest absolute Gasteiger partial charge is 0.497 e. The first-order valence-electron chi connectivity index (χ1n) is 9.27. The molecule has 3 rings (SSSR count). The molecule has 0 radical (unpaired) electrons. The van der Waals surface area contributed by atoms with Crippen molar-refractivity contribution in [2.45, 2.75) is 33.2 Å². The van der Waals surface area contributed by atoms with E-state index in [2.05, 4.69) is 17.0 Å². The molecule has 0 aliphatic heterocycles. The molecule has 0 saturated heterocycles. The maximum absolute atomic E-state index is 13.1. The molecule has 3 aromatic rings. The number of aromatic amines is 1. The third-order valence-electron chi connectivity index (χ3n) is 4.57. The van der Waals surface area contributed by atoms with Crippen molar-refractivity contribution in [1.29, 1.82) is 0 Å². The standard InChI is InChI=1S/C22H24FN3O2/c1-4-5-20-21(15(2)24-14-16-6-8-17(23)9-7-16)22(27)26(25-20)18-10-12-19(28-3)13-11-18/h6-13,25H,4-5,14H2,1-3H3. The monoisotopic (exact) mass is 381 g/mol. The van der Waals surface area contributed by atoms with E-state index in [4.69, 9.17) is 4.74 Å². The van der Waals surface area contributed by atoms with Crippen molar-refractivity contribution in [1.82, 2.24) is 9.78 Å². The minimum atomic E-state index is -0.275. The maximum atomic E-state index is 13.1.